The zero-order valence-corrected chi connectivity index (χ0v) is 10.5. The van der Waals surface area contributed by atoms with Gasteiger partial charge in [0.25, 0.3) is 0 Å². The molecule has 0 amide bonds. The van der Waals surface area contributed by atoms with Crippen LogP contribution in [-0.2, 0) is 9.53 Å². The predicted molar refractivity (Wildman–Crippen MR) is 67.4 cm³/mol. The Morgan fingerprint density at radius 2 is 2.11 bits per heavy atom. The van der Waals surface area contributed by atoms with Crippen LogP contribution in [0.5, 0.6) is 5.75 Å². The Kier molecular flexibility index (Phi) is 6.83. The molecule has 18 heavy (non-hydrogen) atoms. The normalized spacial score (nSPS) is 11.9. The number of hydrogen-bond acceptors (Lipinski definition) is 5. The summed E-state index contributed by atoms with van der Waals surface area (Å²) in [5.74, 6) is 0.462. The van der Waals surface area contributed by atoms with Gasteiger partial charge >= 0.3 is 5.97 Å². The SMILES string of the molecule is COC(=O)CCNCC(O)COc1ccccc1. The number of ether oxygens (including phenoxy) is 2. The fourth-order valence-electron chi connectivity index (χ4n) is 1.33. The van der Waals surface area contributed by atoms with E-state index in [2.05, 4.69) is 10.1 Å². The zero-order valence-electron chi connectivity index (χ0n) is 10.5. The lowest BCUT2D eigenvalue weighted by molar-refractivity contribution is -0.140. The fraction of sp³-hybridized carbons (Fsp3) is 0.462. The number of para-hydroxylation sites is 1. The molecule has 1 aromatic rings. The first-order chi connectivity index (χ1) is 8.72. The maximum Gasteiger partial charge on any atom is 0.306 e. The van der Waals surface area contributed by atoms with Crippen LogP contribution in [0.1, 0.15) is 6.42 Å². The average molecular weight is 253 g/mol. The quantitative estimate of drug-likeness (QED) is 0.524. The van der Waals surface area contributed by atoms with Crippen LogP contribution in [0.25, 0.3) is 0 Å². The fourth-order valence-corrected chi connectivity index (χ4v) is 1.33. The maximum absolute atomic E-state index is 10.8. The Labute approximate surface area is 107 Å². The summed E-state index contributed by atoms with van der Waals surface area (Å²) >= 11 is 0. The van der Waals surface area contributed by atoms with Gasteiger partial charge in [-0.3, -0.25) is 4.79 Å². The lowest BCUT2D eigenvalue weighted by atomic mass is 10.3. The molecule has 1 aromatic carbocycles. The third-order valence-electron chi connectivity index (χ3n) is 2.30. The molecular formula is C13H19NO4. The van der Waals surface area contributed by atoms with E-state index in [4.69, 9.17) is 4.74 Å². The molecule has 0 fully saturated rings. The minimum Gasteiger partial charge on any atom is -0.491 e. The van der Waals surface area contributed by atoms with Gasteiger partial charge in [-0.15, -0.1) is 0 Å². The van der Waals surface area contributed by atoms with E-state index < -0.39 is 6.10 Å². The molecule has 0 radical (unpaired) electrons. The van der Waals surface area contributed by atoms with Crippen LogP contribution in [0.15, 0.2) is 30.3 Å². The number of carbonyl (C=O) groups is 1. The summed E-state index contributed by atoms with van der Waals surface area (Å²) in [6, 6.07) is 9.30. The van der Waals surface area contributed by atoms with Gasteiger partial charge < -0.3 is 19.9 Å². The molecular weight excluding hydrogens is 234 g/mol. The van der Waals surface area contributed by atoms with Gasteiger partial charge in [0.05, 0.1) is 13.5 Å². The number of methoxy groups -OCH3 is 1. The van der Waals surface area contributed by atoms with Crippen molar-refractivity contribution < 1.29 is 19.4 Å². The van der Waals surface area contributed by atoms with E-state index in [0.29, 0.717) is 19.5 Å². The minimum absolute atomic E-state index is 0.217. The standard InChI is InChI=1S/C13H19NO4/c1-17-13(16)7-8-14-9-11(15)10-18-12-5-3-2-4-6-12/h2-6,11,14-15H,7-10H2,1H3. The van der Waals surface area contributed by atoms with Crippen LogP contribution in [-0.4, -0.2) is 44.0 Å². The van der Waals surface area contributed by atoms with Crippen LogP contribution in [0.2, 0.25) is 0 Å². The first-order valence-corrected chi connectivity index (χ1v) is 5.86. The molecule has 0 spiro atoms. The topological polar surface area (TPSA) is 67.8 Å². The molecule has 2 N–H and O–H groups in total. The summed E-state index contributed by atoms with van der Waals surface area (Å²) in [7, 11) is 1.35. The molecule has 1 unspecified atom stereocenters. The number of hydrogen-bond donors (Lipinski definition) is 2. The van der Waals surface area contributed by atoms with E-state index in [1.807, 2.05) is 30.3 Å². The first-order valence-electron chi connectivity index (χ1n) is 5.86. The molecule has 100 valence electrons. The van der Waals surface area contributed by atoms with Crippen molar-refractivity contribution in [3.05, 3.63) is 30.3 Å². The molecule has 1 rings (SSSR count). The third kappa shape index (κ3) is 6.22. The van der Waals surface area contributed by atoms with E-state index in [1.165, 1.54) is 7.11 Å². The maximum atomic E-state index is 10.8. The summed E-state index contributed by atoms with van der Waals surface area (Å²) in [5, 5.41) is 12.6. The zero-order chi connectivity index (χ0) is 13.2. The van der Waals surface area contributed by atoms with Gasteiger partial charge in [0.2, 0.25) is 0 Å². The van der Waals surface area contributed by atoms with E-state index in [-0.39, 0.29) is 12.6 Å². The molecule has 0 aliphatic heterocycles. The van der Waals surface area contributed by atoms with E-state index in [1.54, 1.807) is 0 Å². The number of aliphatic hydroxyl groups is 1. The Balaban J connectivity index is 2.07. The van der Waals surface area contributed by atoms with Crippen LogP contribution >= 0.6 is 0 Å². The number of benzene rings is 1. The number of nitrogens with one attached hydrogen (secondary N) is 1. The molecule has 1 atom stereocenters. The molecule has 0 saturated carbocycles. The largest absolute Gasteiger partial charge is 0.491 e. The smallest absolute Gasteiger partial charge is 0.306 e. The lowest BCUT2D eigenvalue weighted by Gasteiger charge is -2.12. The molecule has 0 aromatic heterocycles. The molecule has 0 aliphatic rings. The van der Waals surface area contributed by atoms with Gasteiger partial charge in [-0.05, 0) is 12.1 Å². The van der Waals surface area contributed by atoms with Crippen molar-refractivity contribution in [1.29, 1.82) is 0 Å². The summed E-state index contributed by atoms with van der Waals surface area (Å²) in [6.45, 7) is 1.08. The van der Waals surface area contributed by atoms with Crippen LogP contribution in [0, 0.1) is 0 Å². The van der Waals surface area contributed by atoms with Gasteiger partial charge in [0.1, 0.15) is 18.5 Å². The summed E-state index contributed by atoms with van der Waals surface area (Å²) < 4.78 is 9.88. The van der Waals surface area contributed by atoms with Gasteiger partial charge in [-0.1, -0.05) is 18.2 Å². The highest BCUT2D eigenvalue weighted by Crippen LogP contribution is 2.08. The van der Waals surface area contributed by atoms with Crippen molar-refractivity contribution in [1.82, 2.24) is 5.32 Å². The molecule has 5 nitrogen and oxygen atoms in total. The molecule has 0 bridgehead atoms. The van der Waals surface area contributed by atoms with E-state index in [9.17, 15) is 9.90 Å². The first kappa shape index (κ1) is 14.5. The summed E-state index contributed by atoms with van der Waals surface area (Å²) in [5.41, 5.74) is 0. The van der Waals surface area contributed by atoms with Crippen molar-refractivity contribution in [3.63, 3.8) is 0 Å². The Morgan fingerprint density at radius 3 is 2.78 bits per heavy atom. The Bertz CT molecular complexity index is 342. The number of rotatable bonds is 8. The van der Waals surface area contributed by atoms with Crippen molar-refractivity contribution in [3.8, 4) is 5.75 Å². The molecule has 5 heteroatoms. The number of esters is 1. The van der Waals surface area contributed by atoms with Gasteiger partial charge in [-0.25, -0.2) is 0 Å². The number of carbonyl (C=O) groups excluding carboxylic acids is 1. The van der Waals surface area contributed by atoms with Crippen molar-refractivity contribution in [2.75, 3.05) is 26.8 Å². The van der Waals surface area contributed by atoms with Crippen LogP contribution in [0.3, 0.4) is 0 Å². The molecule has 0 heterocycles. The van der Waals surface area contributed by atoms with E-state index in [0.717, 1.165) is 5.75 Å². The molecule has 0 aliphatic carbocycles. The third-order valence-corrected chi connectivity index (χ3v) is 2.30. The monoisotopic (exact) mass is 253 g/mol. The average Bonchev–Trinajstić information content (AvgIpc) is 2.42. The Morgan fingerprint density at radius 1 is 1.39 bits per heavy atom. The summed E-state index contributed by atoms with van der Waals surface area (Å²) in [6.07, 6.45) is -0.314. The van der Waals surface area contributed by atoms with Crippen LogP contribution < -0.4 is 10.1 Å². The van der Waals surface area contributed by atoms with Crippen molar-refractivity contribution in [2.24, 2.45) is 0 Å². The Hall–Kier alpha value is -1.59. The summed E-state index contributed by atoms with van der Waals surface area (Å²) in [4.78, 5) is 10.8. The molecule has 0 saturated heterocycles. The lowest BCUT2D eigenvalue weighted by Crippen LogP contribution is -2.32. The highest BCUT2D eigenvalue weighted by atomic mass is 16.5. The second-order valence-corrected chi connectivity index (χ2v) is 3.81. The van der Waals surface area contributed by atoms with E-state index >= 15 is 0 Å². The van der Waals surface area contributed by atoms with Gasteiger partial charge in [0, 0.05) is 13.1 Å². The van der Waals surface area contributed by atoms with Crippen molar-refractivity contribution >= 4 is 5.97 Å². The second kappa shape index (κ2) is 8.49. The number of aliphatic hydroxyl groups excluding tert-OH is 1. The van der Waals surface area contributed by atoms with Crippen LogP contribution in [0.4, 0.5) is 0 Å². The minimum atomic E-state index is -0.608. The van der Waals surface area contributed by atoms with Gasteiger partial charge in [0.15, 0.2) is 0 Å². The predicted octanol–water partition coefficient (Wildman–Crippen LogP) is 0.579. The highest BCUT2D eigenvalue weighted by molar-refractivity contribution is 5.69. The second-order valence-electron chi connectivity index (χ2n) is 3.81. The highest BCUT2D eigenvalue weighted by Gasteiger charge is 2.05. The van der Waals surface area contributed by atoms with Gasteiger partial charge in [-0.2, -0.15) is 0 Å². The van der Waals surface area contributed by atoms with Crippen molar-refractivity contribution in [2.45, 2.75) is 12.5 Å².